The van der Waals surface area contributed by atoms with Gasteiger partial charge in [-0.2, -0.15) is 0 Å². The Bertz CT molecular complexity index is 512. The largest absolute Gasteiger partial charge is 0.294 e. The van der Waals surface area contributed by atoms with E-state index in [1.165, 1.54) is 0 Å². The highest BCUT2D eigenvalue weighted by Crippen LogP contribution is 2.27. The fraction of sp³-hybridized carbons (Fsp3) is 0.154. The summed E-state index contributed by atoms with van der Waals surface area (Å²) in [5.41, 5.74) is 0.808. The van der Waals surface area contributed by atoms with Crippen LogP contribution in [0.15, 0.2) is 40.9 Å². The van der Waals surface area contributed by atoms with Crippen molar-refractivity contribution in [2.75, 3.05) is 0 Å². The van der Waals surface area contributed by atoms with Gasteiger partial charge in [0.15, 0.2) is 5.78 Å². The monoisotopic (exact) mass is 262 g/mol. The fourth-order valence-corrected chi connectivity index (χ4v) is 2.31. The van der Waals surface area contributed by atoms with E-state index in [2.05, 4.69) is 15.9 Å². The highest BCUT2D eigenvalue weighted by molar-refractivity contribution is 9.10. The van der Waals surface area contributed by atoms with E-state index < -0.39 is 0 Å². The maximum Gasteiger partial charge on any atom is 0.163 e. The lowest BCUT2D eigenvalue weighted by Gasteiger charge is -2.06. The quantitative estimate of drug-likeness (QED) is 0.742. The van der Waals surface area contributed by atoms with Crippen LogP contribution < -0.4 is 0 Å². The Hall–Kier alpha value is -1.15. The molecule has 2 aromatic rings. The predicted molar refractivity (Wildman–Crippen MR) is 66.3 cm³/mol. The standard InChI is InChI=1S/C13H11BrO/c1-2-12(15)10-7-3-5-9-6-4-8-11(14)13(9)10/h3-8H,2H2,1H3. The molecule has 0 saturated carbocycles. The van der Waals surface area contributed by atoms with E-state index in [-0.39, 0.29) is 5.78 Å². The lowest BCUT2D eigenvalue weighted by atomic mass is 10.0. The average molecular weight is 263 g/mol. The molecule has 2 aromatic carbocycles. The van der Waals surface area contributed by atoms with Crippen LogP contribution in [0.25, 0.3) is 10.8 Å². The molecule has 2 heteroatoms. The molecule has 1 nitrogen and oxygen atoms in total. The van der Waals surface area contributed by atoms with Gasteiger partial charge in [-0.25, -0.2) is 0 Å². The first-order valence-electron chi connectivity index (χ1n) is 4.94. The molecule has 0 fully saturated rings. The van der Waals surface area contributed by atoms with Gasteiger partial charge < -0.3 is 0 Å². The average Bonchev–Trinajstić information content (AvgIpc) is 2.28. The second kappa shape index (κ2) is 4.15. The van der Waals surface area contributed by atoms with Crippen LogP contribution in [0.3, 0.4) is 0 Å². The molecule has 0 saturated heterocycles. The molecule has 0 heterocycles. The molecule has 76 valence electrons. The van der Waals surface area contributed by atoms with Crippen LogP contribution in [0.2, 0.25) is 0 Å². The van der Waals surface area contributed by atoms with Crippen LogP contribution in [-0.2, 0) is 0 Å². The van der Waals surface area contributed by atoms with E-state index in [1.54, 1.807) is 0 Å². The molecule has 0 aromatic heterocycles. The van der Waals surface area contributed by atoms with Gasteiger partial charge in [-0.1, -0.05) is 53.2 Å². The highest BCUT2D eigenvalue weighted by Gasteiger charge is 2.09. The highest BCUT2D eigenvalue weighted by atomic mass is 79.9. The number of Topliss-reactive ketones (excluding diaryl/α,β-unsaturated/α-hetero) is 1. The van der Waals surface area contributed by atoms with Crippen LogP contribution in [-0.4, -0.2) is 5.78 Å². The van der Waals surface area contributed by atoms with Crippen molar-refractivity contribution >= 4 is 32.5 Å². The summed E-state index contributed by atoms with van der Waals surface area (Å²) in [7, 11) is 0. The number of hydrogen-bond donors (Lipinski definition) is 0. The van der Waals surface area contributed by atoms with Gasteiger partial charge in [0.05, 0.1) is 0 Å². The lowest BCUT2D eigenvalue weighted by Crippen LogP contribution is -1.97. The van der Waals surface area contributed by atoms with E-state index in [1.807, 2.05) is 43.3 Å². The van der Waals surface area contributed by atoms with Crippen LogP contribution in [0, 0.1) is 0 Å². The number of ketones is 1. The van der Waals surface area contributed by atoms with Gasteiger partial charge in [0.25, 0.3) is 0 Å². The number of carbonyl (C=O) groups excluding carboxylic acids is 1. The summed E-state index contributed by atoms with van der Waals surface area (Å²) < 4.78 is 0.984. The van der Waals surface area contributed by atoms with Crippen molar-refractivity contribution in [2.24, 2.45) is 0 Å². The van der Waals surface area contributed by atoms with Crippen molar-refractivity contribution in [3.05, 3.63) is 46.4 Å². The summed E-state index contributed by atoms with van der Waals surface area (Å²) in [5, 5.41) is 2.12. The molecular formula is C13H11BrO. The molecule has 2 rings (SSSR count). The number of benzene rings is 2. The summed E-state index contributed by atoms with van der Waals surface area (Å²) in [4.78, 5) is 11.8. The van der Waals surface area contributed by atoms with Gasteiger partial charge in [-0.15, -0.1) is 0 Å². The third-order valence-electron chi connectivity index (χ3n) is 2.48. The van der Waals surface area contributed by atoms with Gasteiger partial charge >= 0.3 is 0 Å². The summed E-state index contributed by atoms with van der Waals surface area (Å²) in [5.74, 6) is 0.188. The molecule has 0 spiro atoms. The Morgan fingerprint density at radius 1 is 1.20 bits per heavy atom. The minimum Gasteiger partial charge on any atom is -0.294 e. The van der Waals surface area contributed by atoms with E-state index in [4.69, 9.17) is 0 Å². The summed E-state index contributed by atoms with van der Waals surface area (Å²) in [6, 6.07) is 11.8. The van der Waals surface area contributed by atoms with Crippen LogP contribution >= 0.6 is 15.9 Å². The maximum atomic E-state index is 11.8. The zero-order chi connectivity index (χ0) is 10.8. The molecule has 15 heavy (non-hydrogen) atoms. The summed E-state index contributed by atoms with van der Waals surface area (Å²) in [6.45, 7) is 1.89. The number of rotatable bonds is 2. The van der Waals surface area contributed by atoms with Gasteiger partial charge in [0.2, 0.25) is 0 Å². The van der Waals surface area contributed by atoms with Crippen molar-refractivity contribution in [3.8, 4) is 0 Å². The second-order valence-corrected chi connectivity index (χ2v) is 4.27. The summed E-state index contributed by atoms with van der Waals surface area (Å²) in [6.07, 6.45) is 0.542. The smallest absolute Gasteiger partial charge is 0.163 e. The van der Waals surface area contributed by atoms with Crippen molar-refractivity contribution in [2.45, 2.75) is 13.3 Å². The molecule has 0 amide bonds. The minimum absolute atomic E-state index is 0.188. The maximum absolute atomic E-state index is 11.8. The van der Waals surface area contributed by atoms with Gasteiger partial charge in [0.1, 0.15) is 0 Å². The Morgan fingerprint density at radius 3 is 2.53 bits per heavy atom. The second-order valence-electron chi connectivity index (χ2n) is 3.42. The number of hydrogen-bond acceptors (Lipinski definition) is 1. The van der Waals surface area contributed by atoms with Crippen LogP contribution in [0.5, 0.6) is 0 Å². The molecule has 0 aliphatic rings. The number of halogens is 1. The van der Waals surface area contributed by atoms with E-state index in [0.29, 0.717) is 6.42 Å². The zero-order valence-electron chi connectivity index (χ0n) is 8.46. The van der Waals surface area contributed by atoms with E-state index in [0.717, 1.165) is 20.8 Å². The molecule has 0 atom stereocenters. The Balaban J connectivity index is 2.80. The molecule has 0 aliphatic heterocycles. The van der Waals surface area contributed by atoms with Crippen molar-refractivity contribution in [3.63, 3.8) is 0 Å². The first-order chi connectivity index (χ1) is 7.24. The third-order valence-corrected chi connectivity index (χ3v) is 3.14. The number of fused-ring (bicyclic) bond motifs is 1. The van der Waals surface area contributed by atoms with Crippen LogP contribution in [0.1, 0.15) is 23.7 Å². The molecule has 0 bridgehead atoms. The predicted octanol–water partition coefficient (Wildman–Crippen LogP) is 4.20. The van der Waals surface area contributed by atoms with Gasteiger partial charge in [0, 0.05) is 21.8 Å². The Morgan fingerprint density at radius 2 is 1.87 bits per heavy atom. The van der Waals surface area contributed by atoms with E-state index >= 15 is 0 Å². The minimum atomic E-state index is 0.188. The fourth-order valence-electron chi connectivity index (χ4n) is 1.72. The first-order valence-corrected chi connectivity index (χ1v) is 5.73. The molecule has 0 radical (unpaired) electrons. The lowest BCUT2D eigenvalue weighted by molar-refractivity contribution is 0.0989. The van der Waals surface area contributed by atoms with Gasteiger partial charge in [-0.3, -0.25) is 4.79 Å². The topological polar surface area (TPSA) is 17.1 Å². The van der Waals surface area contributed by atoms with Crippen molar-refractivity contribution in [1.82, 2.24) is 0 Å². The van der Waals surface area contributed by atoms with Crippen molar-refractivity contribution in [1.29, 1.82) is 0 Å². The van der Waals surface area contributed by atoms with Gasteiger partial charge in [-0.05, 0) is 11.5 Å². The summed E-state index contributed by atoms with van der Waals surface area (Å²) >= 11 is 3.49. The first kappa shape index (κ1) is 10.4. The number of carbonyl (C=O) groups is 1. The van der Waals surface area contributed by atoms with Crippen LogP contribution in [0.4, 0.5) is 0 Å². The van der Waals surface area contributed by atoms with E-state index in [9.17, 15) is 4.79 Å². The molecular weight excluding hydrogens is 252 g/mol. The van der Waals surface area contributed by atoms with Crippen molar-refractivity contribution < 1.29 is 4.79 Å². The Labute approximate surface area is 97.2 Å². The molecule has 0 unspecified atom stereocenters. The normalized spacial score (nSPS) is 10.5. The molecule has 0 aliphatic carbocycles. The SMILES string of the molecule is CCC(=O)c1cccc2cccc(Br)c12. The third kappa shape index (κ3) is 1.82. The zero-order valence-corrected chi connectivity index (χ0v) is 10.0. The Kier molecular flexibility index (Phi) is 2.87. The molecule has 0 N–H and O–H groups in total.